The van der Waals surface area contributed by atoms with Crippen LogP contribution in [-0.2, 0) is 20.8 Å². The molecule has 0 spiro atoms. The van der Waals surface area contributed by atoms with Crippen molar-refractivity contribution in [3.63, 3.8) is 0 Å². The van der Waals surface area contributed by atoms with Gasteiger partial charge in [0.15, 0.2) is 5.78 Å². The Balaban J connectivity index is 1.26. The normalized spacial score (nSPS) is 29.3. The second-order valence-electron chi connectivity index (χ2n) is 12.1. The van der Waals surface area contributed by atoms with Crippen molar-refractivity contribution in [3.05, 3.63) is 72.3 Å². The highest BCUT2D eigenvalue weighted by atomic mass is 32.1. The van der Waals surface area contributed by atoms with Crippen LogP contribution in [0.3, 0.4) is 0 Å². The number of ether oxygens (including phenoxy) is 1. The zero-order valence-corrected chi connectivity index (χ0v) is 24.6. The zero-order chi connectivity index (χ0) is 29.1. The van der Waals surface area contributed by atoms with Gasteiger partial charge >= 0.3 is 5.97 Å². The van der Waals surface area contributed by atoms with Crippen molar-refractivity contribution in [1.29, 1.82) is 0 Å². The summed E-state index contributed by atoms with van der Waals surface area (Å²) in [4.78, 5) is 46.9. The minimum absolute atomic E-state index is 0.00981. The summed E-state index contributed by atoms with van der Waals surface area (Å²) in [6, 6.07) is 17.3. The van der Waals surface area contributed by atoms with Crippen LogP contribution in [0.15, 0.2) is 66.7 Å². The number of aryl methyl sites for hydroxylation is 1. The monoisotopic (exact) mass is 586 g/mol. The molecule has 8 heteroatoms. The minimum Gasteiger partial charge on any atom is -0.481 e. The van der Waals surface area contributed by atoms with Gasteiger partial charge in [-0.2, -0.15) is 0 Å². The maximum Gasteiger partial charge on any atom is 0.310 e. The van der Waals surface area contributed by atoms with E-state index in [9.17, 15) is 19.5 Å². The Kier molecular flexibility index (Phi) is 8.43. The molecule has 0 bridgehead atoms. The number of aliphatic carboxylic acids is 1. The summed E-state index contributed by atoms with van der Waals surface area (Å²) >= 11 is 1.46. The van der Waals surface area contributed by atoms with Gasteiger partial charge in [0.1, 0.15) is 6.10 Å². The third kappa shape index (κ3) is 6.14. The minimum atomic E-state index is -1.07. The van der Waals surface area contributed by atoms with Crippen LogP contribution in [0.1, 0.15) is 63.4 Å². The van der Waals surface area contributed by atoms with Crippen molar-refractivity contribution in [2.75, 3.05) is 6.54 Å². The predicted octanol–water partition coefficient (Wildman–Crippen LogP) is 6.46. The first kappa shape index (κ1) is 28.6. The predicted molar refractivity (Wildman–Crippen MR) is 162 cm³/mol. The van der Waals surface area contributed by atoms with Gasteiger partial charge in [0.2, 0.25) is 5.91 Å². The van der Waals surface area contributed by atoms with Crippen LogP contribution in [0.4, 0.5) is 0 Å². The third-order valence-electron chi connectivity index (χ3n) is 9.27. The fourth-order valence-corrected chi connectivity index (χ4v) is 7.60. The first-order valence-corrected chi connectivity index (χ1v) is 16.0. The van der Waals surface area contributed by atoms with E-state index in [0.717, 1.165) is 48.7 Å². The molecule has 42 heavy (non-hydrogen) atoms. The lowest BCUT2D eigenvalue weighted by molar-refractivity contribution is -0.147. The number of nitrogens with zero attached hydrogens (tertiary/aromatic N) is 2. The number of carboxylic acids is 1. The van der Waals surface area contributed by atoms with E-state index in [1.165, 1.54) is 16.9 Å². The number of carbonyl (C=O) groups excluding carboxylic acids is 2. The first-order valence-electron chi connectivity index (χ1n) is 15.2. The number of carboxylic acid groups (broad SMARTS) is 1. The number of aromatic nitrogens is 1. The van der Waals surface area contributed by atoms with E-state index in [4.69, 9.17) is 4.74 Å². The number of para-hydroxylation sites is 1. The van der Waals surface area contributed by atoms with Crippen LogP contribution < -0.4 is 4.74 Å². The first-order chi connectivity index (χ1) is 20.4. The highest BCUT2D eigenvalue weighted by molar-refractivity contribution is 7.20. The molecule has 1 amide bonds. The Labute approximate surface area is 250 Å². The molecule has 2 aromatic carbocycles. The average Bonchev–Trinajstić information content (AvgIpc) is 3.31. The van der Waals surface area contributed by atoms with Crippen molar-refractivity contribution >= 4 is 39.2 Å². The van der Waals surface area contributed by atoms with E-state index < -0.39 is 17.4 Å². The van der Waals surface area contributed by atoms with Crippen LogP contribution in [0.2, 0.25) is 0 Å². The summed E-state index contributed by atoms with van der Waals surface area (Å²) in [5, 5.41) is 10.7. The fraction of sp³-hybridized carbons (Fsp3) is 0.471. The number of allylic oxidation sites excluding steroid dienone is 2. The highest BCUT2D eigenvalue weighted by Crippen LogP contribution is 2.57. The van der Waals surface area contributed by atoms with Crippen molar-refractivity contribution in [2.45, 2.75) is 76.4 Å². The van der Waals surface area contributed by atoms with Crippen LogP contribution in [0.5, 0.6) is 5.19 Å². The molecule has 1 N–H and O–H groups in total. The molecular weight excluding hydrogens is 548 g/mol. The van der Waals surface area contributed by atoms with Crippen LogP contribution in [0, 0.1) is 17.3 Å². The molecule has 220 valence electrons. The van der Waals surface area contributed by atoms with Gasteiger partial charge in [-0.15, -0.1) is 0 Å². The fourth-order valence-electron chi connectivity index (χ4n) is 6.72. The number of ketones is 1. The van der Waals surface area contributed by atoms with Crippen molar-refractivity contribution in [3.8, 4) is 5.19 Å². The van der Waals surface area contributed by atoms with Gasteiger partial charge < -0.3 is 14.7 Å². The lowest BCUT2D eigenvalue weighted by Gasteiger charge is -2.29. The molecular formula is C34H38N2O5S. The number of fused-ring (bicyclic) bond motifs is 3. The molecule has 2 aliphatic heterocycles. The SMILES string of the molecule is O=C1C[C@]2(C(=O)O)C[C@@H]2/C=C\CCCCC[C@H](CCc2ccccc2)C(=O)N2C[C@H](Oc3nc4ccccc4s3)C[C@@H]12. The zero-order valence-electron chi connectivity index (χ0n) is 23.8. The number of amides is 1. The topological polar surface area (TPSA) is 96.8 Å². The van der Waals surface area contributed by atoms with E-state index in [-0.39, 0.29) is 36.1 Å². The molecule has 0 radical (unpaired) electrons. The molecule has 5 atom stereocenters. The van der Waals surface area contributed by atoms with E-state index in [1.54, 1.807) is 4.90 Å². The van der Waals surface area contributed by atoms with Gasteiger partial charge in [-0.05, 0) is 62.1 Å². The van der Waals surface area contributed by atoms with Gasteiger partial charge in [0.05, 0.1) is 28.2 Å². The lowest BCUT2D eigenvalue weighted by Crippen LogP contribution is -2.45. The van der Waals surface area contributed by atoms with Crippen LogP contribution in [-0.4, -0.2) is 51.3 Å². The Morgan fingerprint density at radius 2 is 1.88 bits per heavy atom. The van der Waals surface area contributed by atoms with Gasteiger partial charge in [0, 0.05) is 18.8 Å². The average molecular weight is 587 g/mol. The molecule has 7 nitrogen and oxygen atoms in total. The standard InChI is InChI=1S/C34H38N2O5S/c37-29-21-34(32(39)40)20-25(34)14-8-3-1-2-7-13-24(18-17-23-11-5-4-6-12-23)31(38)36-22-26(19-28(29)36)41-33-35-27-15-9-10-16-30(27)42-33/h4-6,8-12,14-16,24-26,28H,1-3,7,13,17-22H2,(H,39,40)/b14-8-/t24-,25+,26-,28+,34-/m1/s1. The summed E-state index contributed by atoms with van der Waals surface area (Å²) in [6.45, 7) is 0.302. The van der Waals surface area contributed by atoms with E-state index in [2.05, 4.69) is 23.2 Å². The quantitative estimate of drug-likeness (QED) is 0.333. The number of carbonyl (C=O) groups is 3. The summed E-state index contributed by atoms with van der Waals surface area (Å²) in [7, 11) is 0. The number of rotatable bonds is 6. The molecule has 1 saturated carbocycles. The summed E-state index contributed by atoms with van der Waals surface area (Å²) < 4.78 is 7.33. The Bertz CT molecular complexity index is 1440. The number of benzene rings is 2. The second-order valence-corrected chi connectivity index (χ2v) is 13.1. The molecule has 6 rings (SSSR count). The number of hydrogen-bond donors (Lipinski definition) is 1. The van der Waals surface area contributed by atoms with Gasteiger partial charge in [-0.1, -0.05) is 78.8 Å². The van der Waals surface area contributed by atoms with E-state index >= 15 is 0 Å². The number of hydrogen-bond acceptors (Lipinski definition) is 6. The van der Waals surface area contributed by atoms with Crippen molar-refractivity contribution in [1.82, 2.24) is 9.88 Å². The largest absolute Gasteiger partial charge is 0.481 e. The van der Waals surface area contributed by atoms with Gasteiger partial charge in [-0.25, -0.2) is 4.98 Å². The Morgan fingerprint density at radius 3 is 2.69 bits per heavy atom. The van der Waals surface area contributed by atoms with E-state index in [1.807, 2.05) is 48.5 Å². The Hall–Kier alpha value is -3.52. The molecule has 1 aromatic heterocycles. The summed E-state index contributed by atoms with van der Waals surface area (Å²) in [5.74, 6) is -1.45. The van der Waals surface area contributed by atoms with Gasteiger partial charge in [-0.3, -0.25) is 14.4 Å². The van der Waals surface area contributed by atoms with Gasteiger partial charge in [0.25, 0.3) is 5.19 Å². The van der Waals surface area contributed by atoms with Crippen molar-refractivity contribution < 1.29 is 24.2 Å². The molecule has 1 saturated heterocycles. The van der Waals surface area contributed by atoms with E-state index in [0.29, 0.717) is 31.0 Å². The third-order valence-corrected chi connectivity index (χ3v) is 10.2. The maximum atomic E-state index is 14.3. The maximum absolute atomic E-state index is 14.3. The molecule has 0 unspecified atom stereocenters. The lowest BCUT2D eigenvalue weighted by atomic mass is 9.90. The second kappa shape index (κ2) is 12.4. The summed E-state index contributed by atoms with van der Waals surface area (Å²) in [6.07, 6.45) is 10.6. The highest BCUT2D eigenvalue weighted by Gasteiger charge is 2.61. The van der Waals surface area contributed by atoms with Crippen LogP contribution in [0.25, 0.3) is 10.2 Å². The Morgan fingerprint density at radius 1 is 1.07 bits per heavy atom. The van der Waals surface area contributed by atoms with Crippen molar-refractivity contribution in [2.24, 2.45) is 17.3 Å². The van der Waals surface area contributed by atoms with Crippen LogP contribution >= 0.6 is 11.3 Å². The number of Topliss-reactive ketones (excluding diaryl/α,β-unsaturated/α-hetero) is 1. The smallest absolute Gasteiger partial charge is 0.310 e. The molecule has 2 fully saturated rings. The molecule has 3 heterocycles. The molecule has 3 aliphatic rings. The summed E-state index contributed by atoms with van der Waals surface area (Å²) in [5.41, 5.74) is 0.983. The molecule has 1 aliphatic carbocycles. The molecule has 3 aromatic rings. The number of thiazole rings is 1.